The number of quaternary nitrogens is 1. The summed E-state index contributed by atoms with van der Waals surface area (Å²) in [5.74, 6) is -0.345. The molecule has 4 nitrogen and oxygen atoms in total. The highest BCUT2D eigenvalue weighted by Crippen LogP contribution is 2.23. The molecule has 6 heteroatoms. The third-order valence-electron chi connectivity index (χ3n) is 5.67. The number of fused-ring (bicyclic) bond motifs is 2. The van der Waals surface area contributed by atoms with Gasteiger partial charge in [-0.25, -0.2) is 9.18 Å². The number of amides is 2. The van der Waals surface area contributed by atoms with E-state index in [4.69, 9.17) is 0 Å². The summed E-state index contributed by atoms with van der Waals surface area (Å²) >= 11 is 1.84. The van der Waals surface area contributed by atoms with Gasteiger partial charge < -0.3 is 15.5 Å². The molecule has 0 radical (unpaired) electrons. The van der Waals surface area contributed by atoms with E-state index in [2.05, 4.69) is 28.1 Å². The maximum Gasteiger partial charge on any atom is 0.319 e. The highest BCUT2D eigenvalue weighted by molar-refractivity contribution is 7.09. The van der Waals surface area contributed by atoms with Crippen molar-refractivity contribution in [2.24, 2.45) is 0 Å². The van der Waals surface area contributed by atoms with Crippen molar-refractivity contribution in [1.29, 1.82) is 0 Å². The first-order valence-corrected chi connectivity index (χ1v) is 10.3. The number of hydrogen-bond donors (Lipinski definition) is 3. The maximum atomic E-state index is 13.3. The summed E-state index contributed by atoms with van der Waals surface area (Å²) in [5.41, 5.74) is 0.489. The molecule has 1 aromatic carbocycles. The van der Waals surface area contributed by atoms with Crippen LogP contribution in [-0.4, -0.2) is 24.2 Å². The Morgan fingerprint density at radius 3 is 2.69 bits per heavy atom. The van der Waals surface area contributed by atoms with Crippen LogP contribution in [0.15, 0.2) is 41.8 Å². The predicted octanol–water partition coefficient (Wildman–Crippen LogP) is 3.18. The van der Waals surface area contributed by atoms with Gasteiger partial charge in [-0.1, -0.05) is 12.1 Å². The molecule has 2 aromatic rings. The number of halogens is 1. The maximum absolute atomic E-state index is 13.3. The van der Waals surface area contributed by atoms with E-state index in [9.17, 15) is 9.18 Å². The van der Waals surface area contributed by atoms with Gasteiger partial charge in [-0.15, -0.1) is 11.3 Å². The molecule has 26 heavy (non-hydrogen) atoms. The number of thiophene rings is 1. The van der Waals surface area contributed by atoms with Gasteiger partial charge in [0.15, 0.2) is 0 Å². The van der Waals surface area contributed by atoms with E-state index in [1.807, 2.05) is 11.3 Å². The fourth-order valence-electron chi connectivity index (χ4n) is 4.58. The molecule has 2 saturated heterocycles. The van der Waals surface area contributed by atoms with E-state index < -0.39 is 0 Å². The smallest absolute Gasteiger partial charge is 0.319 e. The van der Waals surface area contributed by atoms with Gasteiger partial charge in [-0.05, 0) is 48.9 Å². The van der Waals surface area contributed by atoms with Crippen molar-refractivity contribution in [2.75, 3.05) is 5.32 Å². The summed E-state index contributed by atoms with van der Waals surface area (Å²) in [4.78, 5) is 15.4. The van der Waals surface area contributed by atoms with Gasteiger partial charge in [0.25, 0.3) is 0 Å². The van der Waals surface area contributed by atoms with Crippen LogP contribution in [0.3, 0.4) is 0 Å². The van der Waals surface area contributed by atoms with Crippen LogP contribution in [0.4, 0.5) is 14.9 Å². The molecule has 2 aliphatic rings. The van der Waals surface area contributed by atoms with Crippen molar-refractivity contribution in [2.45, 2.75) is 56.8 Å². The van der Waals surface area contributed by atoms with E-state index in [0.29, 0.717) is 17.8 Å². The number of benzene rings is 1. The topological polar surface area (TPSA) is 45.6 Å². The molecule has 0 spiro atoms. The molecule has 4 rings (SSSR count). The number of nitrogens with one attached hydrogen (secondary N) is 3. The number of urea groups is 1. The van der Waals surface area contributed by atoms with Crippen LogP contribution < -0.4 is 15.5 Å². The third-order valence-corrected chi connectivity index (χ3v) is 6.54. The summed E-state index contributed by atoms with van der Waals surface area (Å²) in [6, 6.07) is 11.6. The lowest BCUT2D eigenvalue weighted by molar-refractivity contribution is -0.973. The van der Waals surface area contributed by atoms with Gasteiger partial charge in [-0.2, -0.15) is 0 Å². The largest absolute Gasteiger partial charge is 0.335 e. The summed E-state index contributed by atoms with van der Waals surface area (Å²) < 4.78 is 13.3. The van der Waals surface area contributed by atoms with Crippen LogP contribution in [0.5, 0.6) is 0 Å². The van der Waals surface area contributed by atoms with Gasteiger partial charge >= 0.3 is 6.03 Å². The van der Waals surface area contributed by atoms with E-state index in [1.54, 1.807) is 17.0 Å². The van der Waals surface area contributed by atoms with Gasteiger partial charge in [0.2, 0.25) is 0 Å². The molecule has 138 valence electrons. The van der Waals surface area contributed by atoms with Crippen molar-refractivity contribution < 1.29 is 14.1 Å². The minimum Gasteiger partial charge on any atom is -0.335 e. The summed E-state index contributed by atoms with van der Waals surface area (Å²) in [6.07, 6.45) is 5.81. The number of anilines is 1. The van der Waals surface area contributed by atoms with Gasteiger partial charge in [0.1, 0.15) is 12.4 Å². The average molecular weight is 375 g/mol. The molecule has 4 atom stereocenters. The fourth-order valence-corrected chi connectivity index (χ4v) is 5.32. The number of carbonyl (C=O) groups is 1. The van der Waals surface area contributed by atoms with E-state index in [0.717, 1.165) is 19.4 Å². The zero-order valence-electron chi connectivity index (χ0n) is 14.7. The van der Waals surface area contributed by atoms with Crippen LogP contribution >= 0.6 is 11.3 Å². The normalized spacial score (nSPS) is 27.7. The molecule has 0 saturated carbocycles. The second-order valence-electron chi connectivity index (χ2n) is 7.43. The Hall–Kier alpha value is -1.92. The number of rotatable bonds is 4. The van der Waals surface area contributed by atoms with Gasteiger partial charge in [-0.3, -0.25) is 0 Å². The van der Waals surface area contributed by atoms with E-state index in [-0.39, 0.29) is 17.9 Å². The first-order chi connectivity index (χ1) is 12.7. The molecular formula is C20H25FN3OS+. The van der Waals surface area contributed by atoms with Crippen LogP contribution in [0, 0.1) is 5.82 Å². The summed E-state index contributed by atoms with van der Waals surface area (Å²) in [6.45, 7) is 1.11. The Labute approximate surface area is 157 Å². The lowest BCUT2D eigenvalue weighted by Crippen LogP contribution is -3.20. The Kier molecular flexibility index (Phi) is 5.22. The number of carbonyl (C=O) groups excluding carboxylic acids is 1. The lowest BCUT2D eigenvalue weighted by atomic mass is 9.81. The lowest BCUT2D eigenvalue weighted by Gasteiger charge is -2.45. The Morgan fingerprint density at radius 2 is 2.00 bits per heavy atom. The van der Waals surface area contributed by atoms with Crippen LogP contribution in [0.25, 0.3) is 0 Å². The zero-order valence-corrected chi connectivity index (χ0v) is 15.5. The third kappa shape index (κ3) is 4.07. The van der Waals surface area contributed by atoms with Crippen LogP contribution in [0.1, 0.15) is 37.0 Å². The average Bonchev–Trinajstić information content (AvgIpc) is 3.08. The minimum absolute atomic E-state index is 0.200. The van der Waals surface area contributed by atoms with Gasteiger partial charge in [0.05, 0.1) is 17.0 Å². The summed E-state index contributed by atoms with van der Waals surface area (Å²) in [7, 11) is 0. The Bertz CT molecular complexity index is 737. The molecule has 2 fully saturated rings. The highest BCUT2D eigenvalue weighted by atomic mass is 32.1. The standard InChI is InChI=1S/C20H24FN3OS/c21-14-4-1-5-15(10-14)22-20(25)23-16-11-17-6-2-7-18(12-16)24(17)13-19-8-3-9-26-19/h1,3-5,8-10,16-18H,2,6-7,11-13H2,(H2,22,23,25)/p+1/t16?,17-,18+. The molecule has 1 aromatic heterocycles. The number of hydrogen-bond acceptors (Lipinski definition) is 2. The first kappa shape index (κ1) is 17.5. The molecular weight excluding hydrogens is 349 g/mol. The minimum atomic E-state index is -0.345. The van der Waals surface area contributed by atoms with E-state index >= 15 is 0 Å². The molecule has 2 amide bonds. The van der Waals surface area contributed by atoms with Crippen molar-refractivity contribution in [3.05, 3.63) is 52.5 Å². The fraction of sp³-hybridized carbons (Fsp3) is 0.450. The predicted molar refractivity (Wildman–Crippen MR) is 102 cm³/mol. The molecule has 0 aliphatic carbocycles. The summed E-state index contributed by atoms with van der Waals surface area (Å²) in [5, 5.41) is 8.01. The zero-order chi connectivity index (χ0) is 17.9. The van der Waals surface area contributed by atoms with E-state index in [1.165, 1.54) is 36.3 Å². The molecule has 2 unspecified atom stereocenters. The monoisotopic (exact) mass is 374 g/mol. The molecule has 3 heterocycles. The van der Waals surface area contributed by atoms with Crippen molar-refractivity contribution in [3.63, 3.8) is 0 Å². The molecule has 2 aliphatic heterocycles. The first-order valence-electron chi connectivity index (χ1n) is 9.38. The molecule has 2 bridgehead atoms. The second-order valence-corrected chi connectivity index (χ2v) is 8.47. The van der Waals surface area contributed by atoms with Crippen molar-refractivity contribution in [1.82, 2.24) is 5.32 Å². The number of piperidine rings is 2. The quantitative estimate of drug-likeness (QED) is 0.756. The van der Waals surface area contributed by atoms with Gasteiger partial charge in [0, 0.05) is 24.6 Å². The SMILES string of the molecule is O=C(Nc1cccc(F)c1)NC1C[C@H]2CCC[C@@H](C1)[NH+]2Cc1cccs1. The highest BCUT2D eigenvalue weighted by Gasteiger charge is 2.42. The Balaban J connectivity index is 1.35. The van der Waals surface area contributed by atoms with Crippen molar-refractivity contribution >= 4 is 23.1 Å². The van der Waals surface area contributed by atoms with Crippen LogP contribution in [0.2, 0.25) is 0 Å². The second kappa shape index (κ2) is 7.76. The Morgan fingerprint density at radius 1 is 1.19 bits per heavy atom. The van der Waals surface area contributed by atoms with Crippen molar-refractivity contribution in [3.8, 4) is 0 Å². The van der Waals surface area contributed by atoms with Crippen LogP contribution in [-0.2, 0) is 6.54 Å². The molecule has 3 N–H and O–H groups in total.